The highest BCUT2D eigenvalue weighted by molar-refractivity contribution is 5.28. The Kier molecular flexibility index (Phi) is 3.01. The van der Waals surface area contributed by atoms with Gasteiger partial charge in [0.15, 0.2) is 5.82 Å². The van der Waals surface area contributed by atoms with E-state index in [0.717, 1.165) is 5.56 Å². The van der Waals surface area contributed by atoms with Crippen molar-refractivity contribution in [3.63, 3.8) is 0 Å². The van der Waals surface area contributed by atoms with Gasteiger partial charge in [-0.2, -0.15) is 5.10 Å². The van der Waals surface area contributed by atoms with Crippen LogP contribution in [-0.4, -0.2) is 20.3 Å². The van der Waals surface area contributed by atoms with E-state index in [-0.39, 0.29) is 0 Å². The monoisotopic (exact) mass is 217 g/mol. The van der Waals surface area contributed by atoms with E-state index < -0.39 is 6.10 Å². The van der Waals surface area contributed by atoms with Crippen LogP contribution in [0.25, 0.3) is 0 Å². The normalized spacial score (nSPS) is 13.0. The van der Waals surface area contributed by atoms with Crippen LogP contribution in [0, 0.1) is 0 Å². The van der Waals surface area contributed by atoms with E-state index in [1.165, 1.54) is 11.9 Å². The number of hydrogen-bond donors (Lipinski definition) is 2. The van der Waals surface area contributed by atoms with Crippen LogP contribution < -0.4 is 0 Å². The summed E-state index contributed by atoms with van der Waals surface area (Å²) in [4.78, 5) is 3.93. The molecule has 0 saturated carbocycles. The second kappa shape index (κ2) is 4.45. The maximum atomic E-state index is 9.98. The minimum absolute atomic E-state index is 0.470. The number of aromatic nitrogens is 3. The fraction of sp³-hybridized carbons (Fsp3) is 0.333. The van der Waals surface area contributed by atoms with Gasteiger partial charge in [-0.25, -0.2) is 4.98 Å². The van der Waals surface area contributed by atoms with Gasteiger partial charge in [0.2, 0.25) is 0 Å². The fourth-order valence-electron chi connectivity index (χ4n) is 1.57. The number of benzene rings is 1. The molecule has 16 heavy (non-hydrogen) atoms. The maximum absolute atomic E-state index is 9.98. The molecule has 0 bridgehead atoms. The molecule has 0 aliphatic carbocycles. The van der Waals surface area contributed by atoms with Gasteiger partial charge in [-0.1, -0.05) is 38.1 Å². The minimum atomic E-state index is -0.733. The van der Waals surface area contributed by atoms with Crippen LogP contribution in [0.4, 0.5) is 0 Å². The maximum Gasteiger partial charge on any atom is 0.157 e. The lowest BCUT2D eigenvalue weighted by atomic mass is 10.00. The van der Waals surface area contributed by atoms with Gasteiger partial charge in [0.05, 0.1) is 0 Å². The highest BCUT2D eigenvalue weighted by Gasteiger charge is 2.13. The standard InChI is InChI=1S/C12H15N3O/c1-8(2)9-3-5-10(6-4-9)11(16)12-13-7-14-15-12/h3-8,11,16H,1-2H3,(H,13,14,15). The molecule has 4 heteroatoms. The van der Waals surface area contributed by atoms with Gasteiger partial charge in [-0.15, -0.1) is 0 Å². The van der Waals surface area contributed by atoms with Crippen molar-refractivity contribution in [2.24, 2.45) is 0 Å². The van der Waals surface area contributed by atoms with E-state index in [4.69, 9.17) is 0 Å². The Balaban J connectivity index is 2.22. The van der Waals surface area contributed by atoms with Gasteiger partial charge in [0.1, 0.15) is 12.4 Å². The molecule has 4 nitrogen and oxygen atoms in total. The number of aromatic amines is 1. The summed E-state index contributed by atoms with van der Waals surface area (Å²) in [5.41, 5.74) is 2.08. The first-order valence-electron chi connectivity index (χ1n) is 5.31. The average Bonchev–Trinajstić information content (AvgIpc) is 2.81. The van der Waals surface area contributed by atoms with Crippen molar-refractivity contribution in [2.45, 2.75) is 25.9 Å². The molecule has 1 unspecified atom stereocenters. The van der Waals surface area contributed by atoms with Crippen LogP contribution in [-0.2, 0) is 0 Å². The molecule has 1 atom stereocenters. The van der Waals surface area contributed by atoms with Crippen molar-refractivity contribution in [3.05, 3.63) is 47.5 Å². The zero-order valence-electron chi connectivity index (χ0n) is 9.38. The Morgan fingerprint density at radius 2 is 1.75 bits per heavy atom. The first-order chi connectivity index (χ1) is 7.68. The van der Waals surface area contributed by atoms with E-state index in [2.05, 4.69) is 29.0 Å². The largest absolute Gasteiger partial charge is 0.380 e. The summed E-state index contributed by atoms with van der Waals surface area (Å²) < 4.78 is 0. The summed E-state index contributed by atoms with van der Waals surface area (Å²) in [6.45, 7) is 4.28. The third-order valence-electron chi connectivity index (χ3n) is 2.61. The predicted octanol–water partition coefficient (Wildman–Crippen LogP) is 2.01. The summed E-state index contributed by atoms with van der Waals surface area (Å²) in [6, 6.07) is 7.89. The highest BCUT2D eigenvalue weighted by Crippen LogP contribution is 2.21. The van der Waals surface area contributed by atoms with Crippen LogP contribution >= 0.6 is 0 Å². The molecular formula is C12H15N3O. The van der Waals surface area contributed by atoms with Gasteiger partial charge >= 0.3 is 0 Å². The Bertz CT molecular complexity index is 434. The Hall–Kier alpha value is -1.68. The first-order valence-corrected chi connectivity index (χ1v) is 5.31. The topological polar surface area (TPSA) is 61.8 Å². The Morgan fingerprint density at radius 3 is 2.25 bits per heavy atom. The van der Waals surface area contributed by atoms with Gasteiger partial charge in [0, 0.05) is 0 Å². The lowest BCUT2D eigenvalue weighted by molar-refractivity contribution is 0.210. The van der Waals surface area contributed by atoms with E-state index in [9.17, 15) is 5.11 Å². The molecule has 2 aromatic rings. The second-order valence-corrected chi connectivity index (χ2v) is 4.09. The number of aliphatic hydroxyl groups excluding tert-OH is 1. The molecule has 0 aliphatic rings. The number of nitrogens with zero attached hydrogens (tertiary/aromatic N) is 2. The molecule has 0 saturated heterocycles. The van der Waals surface area contributed by atoms with Crippen molar-refractivity contribution < 1.29 is 5.11 Å². The van der Waals surface area contributed by atoms with E-state index in [1.54, 1.807) is 0 Å². The molecule has 2 N–H and O–H groups in total. The van der Waals surface area contributed by atoms with Crippen LogP contribution in [0.3, 0.4) is 0 Å². The molecule has 84 valence electrons. The van der Waals surface area contributed by atoms with Crippen molar-refractivity contribution in [3.8, 4) is 0 Å². The Labute approximate surface area is 94.4 Å². The van der Waals surface area contributed by atoms with Crippen molar-refractivity contribution in [2.75, 3.05) is 0 Å². The van der Waals surface area contributed by atoms with Crippen molar-refractivity contribution in [1.29, 1.82) is 0 Å². The summed E-state index contributed by atoms with van der Waals surface area (Å²) in [5, 5.41) is 16.4. The summed E-state index contributed by atoms with van der Waals surface area (Å²) in [7, 11) is 0. The zero-order valence-corrected chi connectivity index (χ0v) is 9.38. The number of nitrogens with one attached hydrogen (secondary N) is 1. The molecule has 0 fully saturated rings. The van der Waals surface area contributed by atoms with Gasteiger partial charge < -0.3 is 5.11 Å². The fourth-order valence-corrected chi connectivity index (χ4v) is 1.57. The zero-order chi connectivity index (χ0) is 11.5. The van der Waals surface area contributed by atoms with Crippen LogP contribution in [0.2, 0.25) is 0 Å². The van der Waals surface area contributed by atoms with Gasteiger partial charge in [-0.05, 0) is 17.0 Å². The van der Waals surface area contributed by atoms with Gasteiger partial charge in [-0.3, -0.25) is 5.10 Å². The Morgan fingerprint density at radius 1 is 1.12 bits per heavy atom. The first kappa shape index (κ1) is 10.8. The van der Waals surface area contributed by atoms with Crippen molar-refractivity contribution >= 4 is 0 Å². The molecule has 0 amide bonds. The molecular weight excluding hydrogens is 202 g/mol. The van der Waals surface area contributed by atoms with Crippen molar-refractivity contribution in [1.82, 2.24) is 15.2 Å². The second-order valence-electron chi connectivity index (χ2n) is 4.09. The molecule has 0 spiro atoms. The van der Waals surface area contributed by atoms with E-state index >= 15 is 0 Å². The SMILES string of the molecule is CC(C)c1ccc(C(O)c2ncn[nH]2)cc1. The summed E-state index contributed by atoms with van der Waals surface area (Å²) in [6.07, 6.45) is 0.657. The third-order valence-corrected chi connectivity index (χ3v) is 2.61. The van der Waals surface area contributed by atoms with E-state index in [1.807, 2.05) is 24.3 Å². The number of hydrogen-bond acceptors (Lipinski definition) is 3. The number of H-pyrrole nitrogens is 1. The minimum Gasteiger partial charge on any atom is -0.380 e. The predicted molar refractivity (Wildman–Crippen MR) is 61.0 cm³/mol. The molecule has 1 aromatic heterocycles. The number of aliphatic hydroxyl groups is 1. The van der Waals surface area contributed by atoms with Gasteiger partial charge in [0.25, 0.3) is 0 Å². The smallest absolute Gasteiger partial charge is 0.157 e. The quantitative estimate of drug-likeness (QED) is 0.826. The summed E-state index contributed by atoms with van der Waals surface area (Å²) in [5.74, 6) is 0.966. The third kappa shape index (κ3) is 2.12. The summed E-state index contributed by atoms with van der Waals surface area (Å²) >= 11 is 0. The van der Waals surface area contributed by atoms with Crippen LogP contribution in [0.1, 0.15) is 42.8 Å². The highest BCUT2D eigenvalue weighted by atomic mass is 16.3. The van der Waals surface area contributed by atoms with E-state index in [0.29, 0.717) is 11.7 Å². The van der Waals surface area contributed by atoms with Crippen LogP contribution in [0.5, 0.6) is 0 Å². The average molecular weight is 217 g/mol. The lowest BCUT2D eigenvalue weighted by Crippen LogP contribution is -2.02. The molecule has 1 heterocycles. The van der Waals surface area contributed by atoms with Crippen LogP contribution in [0.15, 0.2) is 30.6 Å². The lowest BCUT2D eigenvalue weighted by Gasteiger charge is -2.10. The number of rotatable bonds is 3. The molecule has 2 rings (SSSR count). The molecule has 1 aromatic carbocycles. The molecule has 0 aliphatic heterocycles. The molecule has 0 radical (unpaired) electrons.